The zero-order chi connectivity index (χ0) is 18.6. The highest BCUT2D eigenvalue weighted by Crippen LogP contribution is 2.31. The number of carbonyl (C=O) groups excluding carboxylic acids is 1. The molecule has 1 aromatic heterocycles. The zero-order valence-corrected chi connectivity index (χ0v) is 13.8. The molecule has 10 nitrogen and oxygen atoms in total. The van der Waals surface area contributed by atoms with Gasteiger partial charge in [0.2, 0.25) is 0 Å². The third-order valence-electron chi connectivity index (χ3n) is 3.29. The number of methoxy groups -OCH3 is 1. The van der Waals surface area contributed by atoms with E-state index >= 15 is 0 Å². The van der Waals surface area contributed by atoms with Gasteiger partial charge >= 0.3 is 0 Å². The Labute approximate surface area is 142 Å². The molecule has 0 bridgehead atoms. The first-order valence-electron chi connectivity index (χ1n) is 7.18. The highest BCUT2D eigenvalue weighted by molar-refractivity contribution is 5.87. The van der Waals surface area contributed by atoms with Crippen molar-refractivity contribution in [3.05, 3.63) is 45.3 Å². The van der Waals surface area contributed by atoms with Crippen molar-refractivity contribution in [2.24, 2.45) is 5.10 Å². The lowest BCUT2D eigenvalue weighted by Gasteiger charge is -2.14. The van der Waals surface area contributed by atoms with E-state index in [0.717, 1.165) is 29.7 Å². The third-order valence-corrected chi connectivity index (χ3v) is 3.29. The van der Waals surface area contributed by atoms with Crippen LogP contribution in [0.25, 0.3) is 0 Å². The number of nitrogens with zero attached hydrogens (tertiary/aromatic N) is 4. The van der Waals surface area contributed by atoms with E-state index in [4.69, 9.17) is 4.74 Å². The fraction of sp³-hybridized carbons (Fsp3) is 0.267. The monoisotopic (exact) mass is 346 g/mol. The number of nitro benzene ring substituents is 1. The van der Waals surface area contributed by atoms with Crippen LogP contribution in [-0.2, 0) is 11.3 Å². The summed E-state index contributed by atoms with van der Waals surface area (Å²) >= 11 is 0. The fourth-order valence-corrected chi connectivity index (χ4v) is 2.14. The van der Waals surface area contributed by atoms with E-state index in [0.29, 0.717) is 0 Å². The molecule has 0 saturated heterocycles. The highest BCUT2D eigenvalue weighted by Gasteiger charge is 2.11. The molecule has 0 atom stereocenters. The number of aryl methyl sites for hydroxylation is 2. The summed E-state index contributed by atoms with van der Waals surface area (Å²) in [7, 11) is 1.23. The van der Waals surface area contributed by atoms with E-state index in [1.165, 1.54) is 11.8 Å². The van der Waals surface area contributed by atoms with Crippen molar-refractivity contribution < 1.29 is 19.6 Å². The second-order valence-electron chi connectivity index (χ2n) is 5.20. The number of carbonyl (C=O) groups is 1. The first kappa shape index (κ1) is 17.9. The molecule has 25 heavy (non-hydrogen) atoms. The Morgan fingerprint density at radius 3 is 2.72 bits per heavy atom. The van der Waals surface area contributed by atoms with Gasteiger partial charge in [-0.05, 0) is 25.5 Å². The van der Waals surface area contributed by atoms with Crippen molar-refractivity contribution in [3.63, 3.8) is 0 Å². The molecule has 1 N–H and O–H groups in total. The summed E-state index contributed by atoms with van der Waals surface area (Å²) in [6, 6.07) is 3.91. The third kappa shape index (κ3) is 4.31. The molecule has 0 aliphatic rings. The van der Waals surface area contributed by atoms with E-state index in [9.17, 15) is 20.0 Å². The van der Waals surface area contributed by atoms with Gasteiger partial charge in [0.25, 0.3) is 11.6 Å². The molecular weight excluding hydrogens is 330 g/mol. The Balaban J connectivity index is 2.11. The minimum Gasteiger partial charge on any atom is -0.870 e. The minimum atomic E-state index is -0.652. The van der Waals surface area contributed by atoms with Gasteiger partial charge < -0.3 is 9.84 Å². The van der Waals surface area contributed by atoms with Gasteiger partial charge in [-0.25, -0.2) is 5.43 Å². The quantitative estimate of drug-likeness (QED) is 0.463. The number of hydrazone groups is 1. The number of non-ortho nitro benzene ring substituents is 1. The van der Waals surface area contributed by atoms with Gasteiger partial charge in [-0.15, -0.1) is 0 Å². The van der Waals surface area contributed by atoms with Crippen LogP contribution in [0.2, 0.25) is 0 Å². The lowest BCUT2D eigenvalue weighted by Crippen LogP contribution is -2.24. The molecule has 0 saturated carbocycles. The van der Waals surface area contributed by atoms with Crippen molar-refractivity contribution in [1.82, 2.24) is 15.2 Å². The van der Waals surface area contributed by atoms with Crippen LogP contribution in [0.5, 0.6) is 11.5 Å². The second kappa shape index (κ2) is 7.43. The van der Waals surface area contributed by atoms with Crippen molar-refractivity contribution in [3.8, 4) is 11.5 Å². The van der Waals surface area contributed by atoms with Crippen molar-refractivity contribution >= 4 is 17.8 Å². The number of nitrogens with one attached hydrogen (secondary N) is 1. The van der Waals surface area contributed by atoms with Crippen LogP contribution in [0, 0.1) is 24.0 Å². The Morgan fingerprint density at radius 2 is 2.16 bits per heavy atom. The molecule has 0 aliphatic heterocycles. The number of benzene rings is 1. The zero-order valence-electron chi connectivity index (χ0n) is 13.8. The van der Waals surface area contributed by atoms with Crippen LogP contribution in [0.3, 0.4) is 0 Å². The largest absolute Gasteiger partial charge is 0.870 e. The van der Waals surface area contributed by atoms with Gasteiger partial charge in [0.1, 0.15) is 12.3 Å². The number of hydrogen-bond acceptors (Lipinski definition) is 7. The molecule has 1 amide bonds. The molecular formula is C15H16N5O5-. The molecule has 132 valence electrons. The first-order valence-corrected chi connectivity index (χ1v) is 7.18. The maximum atomic E-state index is 12.0. The summed E-state index contributed by atoms with van der Waals surface area (Å²) in [6.07, 6.45) is 1.04. The Bertz CT molecular complexity index is 843. The number of amides is 1. The van der Waals surface area contributed by atoms with Gasteiger partial charge in [-0.3, -0.25) is 19.6 Å². The van der Waals surface area contributed by atoms with E-state index in [1.807, 2.05) is 19.9 Å². The SMILES string of the molecule is COc1cc([N+](=O)[O-])cc(C=NNC(=O)Cn2nc(C)cc2C)c1[O-]. The first-order chi connectivity index (χ1) is 11.8. The summed E-state index contributed by atoms with van der Waals surface area (Å²) in [5.74, 6) is -1.19. The molecule has 2 aromatic rings. The average molecular weight is 346 g/mol. The highest BCUT2D eigenvalue weighted by atomic mass is 16.6. The van der Waals surface area contributed by atoms with Gasteiger partial charge in [0.05, 0.1) is 30.0 Å². The van der Waals surface area contributed by atoms with Gasteiger partial charge in [-0.1, -0.05) is 5.75 Å². The standard InChI is InChI=1S/C15H17N5O5/c1-9-4-10(2)19(18-9)8-14(21)17-16-7-11-5-12(20(23)24)6-13(25-3)15(11)22/h4-7,22H,8H2,1-3H3,(H,17,21)/p-1. The summed E-state index contributed by atoms with van der Waals surface area (Å²) in [6.45, 7) is 3.58. The van der Waals surface area contributed by atoms with E-state index in [-0.39, 0.29) is 23.5 Å². The van der Waals surface area contributed by atoms with E-state index in [2.05, 4.69) is 15.6 Å². The molecule has 2 rings (SSSR count). The summed E-state index contributed by atoms with van der Waals surface area (Å²) in [5.41, 5.74) is 3.47. The summed E-state index contributed by atoms with van der Waals surface area (Å²) in [5, 5.41) is 30.7. The van der Waals surface area contributed by atoms with Crippen LogP contribution in [-0.4, -0.2) is 33.9 Å². The van der Waals surface area contributed by atoms with E-state index < -0.39 is 16.6 Å². The number of rotatable bonds is 6. The van der Waals surface area contributed by atoms with Gasteiger partial charge in [0, 0.05) is 11.8 Å². The molecule has 10 heteroatoms. The second-order valence-corrected chi connectivity index (χ2v) is 5.20. The lowest BCUT2D eigenvalue weighted by atomic mass is 10.2. The predicted molar refractivity (Wildman–Crippen MR) is 86.5 cm³/mol. The molecule has 1 heterocycles. The van der Waals surface area contributed by atoms with Gasteiger partial charge in [0.15, 0.2) is 0 Å². The molecule has 0 fully saturated rings. The smallest absolute Gasteiger partial charge is 0.273 e. The van der Waals surface area contributed by atoms with Crippen LogP contribution >= 0.6 is 0 Å². The minimum absolute atomic E-state index is 0.0422. The van der Waals surface area contributed by atoms with Crippen LogP contribution in [0.1, 0.15) is 17.0 Å². The summed E-state index contributed by atoms with van der Waals surface area (Å²) in [4.78, 5) is 22.1. The number of hydrogen-bond donors (Lipinski definition) is 1. The molecule has 0 radical (unpaired) electrons. The van der Waals surface area contributed by atoms with Crippen LogP contribution in [0.4, 0.5) is 5.69 Å². The Kier molecular flexibility index (Phi) is 5.32. The van der Waals surface area contributed by atoms with Crippen molar-refractivity contribution in [1.29, 1.82) is 0 Å². The molecule has 0 spiro atoms. The van der Waals surface area contributed by atoms with Crippen LogP contribution < -0.4 is 15.3 Å². The topological polar surface area (TPSA) is 135 Å². The fourth-order valence-electron chi connectivity index (χ4n) is 2.14. The molecule has 0 aliphatic carbocycles. The van der Waals surface area contributed by atoms with E-state index in [1.54, 1.807) is 0 Å². The summed E-state index contributed by atoms with van der Waals surface area (Å²) < 4.78 is 6.33. The number of ether oxygens (including phenoxy) is 1. The number of nitro groups is 1. The predicted octanol–water partition coefficient (Wildman–Crippen LogP) is 0.641. The Hall–Kier alpha value is -3.43. The normalized spacial score (nSPS) is 10.8. The maximum absolute atomic E-state index is 12.0. The van der Waals surface area contributed by atoms with Crippen molar-refractivity contribution in [2.75, 3.05) is 7.11 Å². The number of aromatic nitrogens is 2. The Morgan fingerprint density at radius 1 is 1.44 bits per heavy atom. The van der Waals surface area contributed by atoms with Crippen LogP contribution in [0.15, 0.2) is 23.3 Å². The molecule has 1 aromatic carbocycles. The average Bonchev–Trinajstić information content (AvgIpc) is 2.86. The lowest BCUT2D eigenvalue weighted by molar-refractivity contribution is -0.385. The molecule has 0 unspecified atom stereocenters. The maximum Gasteiger partial charge on any atom is 0.273 e. The van der Waals surface area contributed by atoms with Gasteiger partial charge in [-0.2, -0.15) is 10.2 Å². The van der Waals surface area contributed by atoms with Crippen molar-refractivity contribution in [2.45, 2.75) is 20.4 Å².